The van der Waals surface area contributed by atoms with Crippen molar-refractivity contribution in [3.63, 3.8) is 0 Å². The lowest BCUT2D eigenvalue weighted by molar-refractivity contribution is -0.137. The number of thioether (sulfide) groups is 1. The van der Waals surface area contributed by atoms with Gasteiger partial charge < -0.3 is 0 Å². The number of hydrogen-bond acceptors (Lipinski definition) is 6. The molecule has 0 aliphatic carbocycles. The van der Waals surface area contributed by atoms with Gasteiger partial charge in [0.05, 0.1) is 34.8 Å². The Hall–Kier alpha value is -3.73. The van der Waals surface area contributed by atoms with Crippen molar-refractivity contribution in [2.45, 2.75) is 11.2 Å². The number of hydrazone groups is 1. The third-order valence-electron chi connectivity index (χ3n) is 4.60. The number of hydrogen-bond donors (Lipinski definition) is 0. The van der Waals surface area contributed by atoms with Gasteiger partial charge in [-0.05, 0) is 23.8 Å². The second kappa shape index (κ2) is 9.41. The minimum Gasteiger partial charge on any atom is -0.272 e. The number of aryl methyl sites for hydroxylation is 1. The lowest BCUT2D eigenvalue weighted by Gasteiger charge is -2.18. The Labute approximate surface area is 191 Å². The number of aromatic nitrogens is 4. The predicted octanol–water partition coefficient (Wildman–Crippen LogP) is 4.54. The van der Waals surface area contributed by atoms with Crippen LogP contribution in [0, 0.1) is 0 Å². The van der Waals surface area contributed by atoms with E-state index in [4.69, 9.17) is 0 Å². The minimum atomic E-state index is -4.55. The van der Waals surface area contributed by atoms with E-state index in [1.54, 1.807) is 42.2 Å². The lowest BCUT2D eigenvalue weighted by Crippen LogP contribution is -2.28. The number of nitrogens with zero attached hydrogens (tertiary/aromatic N) is 6. The van der Waals surface area contributed by atoms with Gasteiger partial charge in [-0.15, -0.1) is 0 Å². The van der Waals surface area contributed by atoms with Crippen LogP contribution in [0.3, 0.4) is 0 Å². The highest BCUT2D eigenvalue weighted by Gasteiger charge is 2.31. The average Bonchev–Trinajstić information content (AvgIpc) is 3.19. The molecule has 7 nitrogen and oxygen atoms in total. The molecule has 0 fully saturated rings. The van der Waals surface area contributed by atoms with E-state index in [0.717, 1.165) is 28.9 Å². The molecule has 0 N–H and O–H groups in total. The molecule has 0 unspecified atom stereocenters. The summed E-state index contributed by atoms with van der Waals surface area (Å²) >= 11 is 1.13. The fraction of sp³-hybridized carbons (Fsp3) is 0.136. The average molecular weight is 470 g/mol. The van der Waals surface area contributed by atoms with Gasteiger partial charge >= 0.3 is 6.18 Å². The van der Waals surface area contributed by atoms with Gasteiger partial charge in [0.25, 0.3) is 5.91 Å². The molecule has 2 aromatic heterocycles. The zero-order valence-corrected chi connectivity index (χ0v) is 18.1. The molecule has 0 radical (unpaired) electrons. The normalized spacial score (nSPS) is 11.9. The van der Waals surface area contributed by atoms with Crippen molar-refractivity contribution in [1.29, 1.82) is 0 Å². The Morgan fingerprint density at radius 2 is 1.94 bits per heavy atom. The van der Waals surface area contributed by atoms with Gasteiger partial charge in [-0.3, -0.25) is 9.48 Å². The molecule has 2 heterocycles. The highest BCUT2D eigenvalue weighted by molar-refractivity contribution is 8.00. The van der Waals surface area contributed by atoms with Crippen molar-refractivity contribution in [2.24, 2.45) is 12.1 Å². The molecule has 4 aromatic rings. The van der Waals surface area contributed by atoms with Gasteiger partial charge in [0.1, 0.15) is 11.4 Å². The largest absolute Gasteiger partial charge is 0.416 e. The first-order valence-electron chi connectivity index (χ1n) is 9.67. The number of fused-ring (bicyclic) bond motifs is 1. The Morgan fingerprint density at radius 3 is 2.70 bits per heavy atom. The number of alkyl halides is 3. The topological polar surface area (TPSA) is 76.3 Å². The number of carbonyl (C=O) groups is 1. The van der Waals surface area contributed by atoms with Crippen molar-refractivity contribution < 1.29 is 18.0 Å². The van der Waals surface area contributed by atoms with Crippen LogP contribution in [0.5, 0.6) is 0 Å². The molecule has 0 aliphatic rings. The molecule has 1 amide bonds. The summed E-state index contributed by atoms with van der Waals surface area (Å²) in [6.07, 6.45) is -0.155. The summed E-state index contributed by atoms with van der Waals surface area (Å²) in [4.78, 5) is 21.4. The van der Waals surface area contributed by atoms with Crippen LogP contribution >= 0.6 is 11.8 Å². The molecule has 0 saturated carbocycles. The third-order valence-corrected chi connectivity index (χ3v) is 5.59. The zero-order valence-electron chi connectivity index (χ0n) is 17.3. The summed E-state index contributed by atoms with van der Waals surface area (Å²) in [5, 5.41) is 10.5. The first kappa shape index (κ1) is 22.5. The Bertz CT molecular complexity index is 1310. The number of benzene rings is 2. The van der Waals surface area contributed by atoms with E-state index in [-0.39, 0.29) is 11.4 Å². The fourth-order valence-electron chi connectivity index (χ4n) is 3.00. The first-order chi connectivity index (χ1) is 15.8. The molecule has 0 spiro atoms. The van der Waals surface area contributed by atoms with Crippen molar-refractivity contribution in [3.05, 3.63) is 78.2 Å². The summed E-state index contributed by atoms with van der Waals surface area (Å²) in [5.74, 6) is -0.620. The first-order valence-corrected chi connectivity index (χ1v) is 10.7. The highest BCUT2D eigenvalue weighted by Crippen LogP contribution is 2.32. The number of amides is 1. The second-order valence-corrected chi connectivity index (χ2v) is 7.85. The summed E-state index contributed by atoms with van der Waals surface area (Å²) in [5.41, 5.74) is 0.449. The van der Waals surface area contributed by atoms with Crippen LogP contribution in [0.25, 0.3) is 11.0 Å². The van der Waals surface area contributed by atoms with Crippen LogP contribution in [0.15, 0.2) is 77.2 Å². The molecular formula is C22H17F3N6OS. The number of carbonyl (C=O) groups excluding carboxylic acids is 1. The van der Waals surface area contributed by atoms with Crippen molar-refractivity contribution in [1.82, 2.24) is 19.7 Å². The van der Waals surface area contributed by atoms with Crippen molar-refractivity contribution >= 4 is 40.6 Å². The van der Waals surface area contributed by atoms with Gasteiger partial charge in [-0.1, -0.05) is 48.2 Å². The highest BCUT2D eigenvalue weighted by atomic mass is 32.2. The summed E-state index contributed by atoms with van der Waals surface area (Å²) in [6.45, 7) is 0. The predicted molar refractivity (Wildman–Crippen MR) is 120 cm³/mol. The van der Waals surface area contributed by atoms with Crippen LogP contribution in [0.2, 0.25) is 0 Å². The molecular weight excluding hydrogens is 453 g/mol. The second-order valence-electron chi connectivity index (χ2n) is 6.88. The van der Waals surface area contributed by atoms with E-state index in [9.17, 15) is 18.0 Å². The third kappa shape index (κ3) is 5.20. The fourth-order valence-corrected chi connectivity index (χ4v) is 3.80. The molecule has 0 atom stereocenters. The van der Waals surface area contributed by atoms with Gasteiger partial charge in [-0.2, -0.15) is 23.4 Å². The summed E-state index contributed by atoms with van der Waals surface area (Å²) < 4.78 is 41.3. The number of rotatable bonds is 6. The maximum absolute atomic E-state index is 13.2. The van der Waals surface area contributed by atoms with Crippen molar-refractivity contribution in [3.8, 4) is 0 Å². The summed E-state index contributed by atoms with van der Waals surface area (Å²) in [6, 6.07) is 13.4. The molecule has 0 bridgehead atoms. The van der Waals surface area contributed by atoms with E-state index in [0.29, 0.717) is 21.6 Å². The zero-order chi connectivity index (χ0) is 23.4. The quantitative estimate of drug-likeness (QED) is 0.179. The van der Waals surface area contributed by atoms with E-state index in [1.165, 1.54) is 24.7 Å². The molecule has 2 aromatic carbocycles. The van der Waals surface area contributed by atoms with Crippen molar-refractivity contribution in [2.75, 3.05) is 10.8 Å². The molecule has 33 heavy (non-hydrogen) atoms. The van der Waals surface area contributed by atoms with Crippen LogP contribution in [0.1, 0.15) is 11.1 Å². The molecule has 11 heteroatoms. The molecule has 168 valence electrons. The maximum atomic E-state index is 13.2. The minimum absolute atomic E-state index is 0.0109. The molecule has 0 aliphatic heterocycles. The van der Waals surface area contributed by atoms with E-state index >= 15 is 0 Å². The SMILES string of the molecule is Cn1ncc2c(SCC(=O)N(/N=C/c3ccccc3)c3cccc(C(F)(F)F)c3)ncnc21. The smallest absolute Gasteiger partial charge is 0.272 e. The summed E-state index contributed by atoms with van der Waals surface area (Å²) in [7, 11) is 1.74. The Morgan fingerprint density at radius 1 is 1.15 bits per heavy atom. The Balaban J connectivity index is 1.62. The van der Waals surface area contributed by atoms with Gasteiger partial charge in [0.15, 0.2) is 5.65 Å². The standard InChI is InChI=1S/C22H17F3N6OS/c1-30-20-18(12-28-30)21(27-14-26-20)33-13-19(32)31(29-11-15-6-3-2-4-7-15)17-9-5-8-16(10-17)22(23,24)25/h2-12,14H,13H2,1H3/b29-11+. The van der Waals surface area contributed by atoms with Crippen LogP contribution in [-0.2, 0) is 18.0 Å². The van der Waals surface area contributed by atoms with E-state index in [1.807, 2.05) is 6.07 Å². The maximum Gasteiger partial charge on any atom is 0.416 e. The lowest BCUT2D eigenvalue weighted by atomic mass is 10.2. The van der Waals surface area contributed by atoms with Crippen LogP contribution in [-0.4, -0.2) is 37.6 Å². The molecule has 4 rings (SSSR count). The number of anilines is 1. The van der Waals surface area contributed by atoms with E-state index in [2.05, 4.69) is 20.2 Å². The van der Waals surface area contributed by atoms with Crippen LogP contribution < -0.4 is 5.01 Å². The van der Waals surface area contributed by atoms with Gasteiger partial charge in [0, 0.05) is 7.05 Å². The molecule has 0 saturated heterocycles. The Kier molecular flexibility index (Phi) is 6.40. The van der Waals surface area contributed by atoms with Gasteiger partial charge in [-0.25, -0.2) is 15.0 Å². The number of halogens is 3. The monoisotopic (exact) mass is 470 g/mol. The van der Waals surface area contributed by atoms with Crippen LogP contribution in [0.4, 0.5) is 18.9 Å². The van der Waals surface area contributed by atoms with E-state index < -0.39 is 17.6 Å². The van der Waals surface area contributed by atoms with Gasteiger partial charge in [0.2, 0.25) is 0 Å².